The Balaban J connectivity index is 1.56. The van der Waals surface area contributed by atoms with Crippen molar-refractivity contribution >= 4 is 11.7 Å². The van der Waals surface area contributed by atoms with Crippen molar-refractivity contribution in [1.29, 1.82) is 0 Å². The number of anilines is 1. The van der Waals surface area contributed by atoms with Gasteiger partial charge in [0.2, 0.25) is 11.8 Å². The minimum atomic E-state index is 0.00444. The molecule has 2 heterocycles. The maximum atomic E-state index is 12.5. The lowest BCUT2D eigenvalue weighted by atomic mass is 9.93. The highest BCUT2D eigenvalue weighted by Gasteiger charge is 2.31. The summed E-state index contributed by atoms with van der Waals surface area (Å²) in [5.41, 5.74) is 0. The molecule has 0 saturated carbocycles. The molecule has 6 nitrogen and oxygen atoms in total. The number of aromatic nitrogens is 2. The number of carbonyl (C=O) groups is 1. The molecule has 1 fully saturated rings. The molecule has 0 aromatic carbocycles. The van der Waals surface area contributed by atoms with Gasteiger partial charge in [0.1, 0.15) is 6.10 Å². The third-order valence-corrected chi connectivity index (χ3v) is 4.42. The second-order valence-electron chi connectivity index (χ2n) is 6.40. The second kappa shape index (κ2) is 6.98. The maximum absolute atomic E-state index is 12.5. The number of allylic oxidation sites excluding steroid dienone is 2. The number of nitrogens with zero attached hydrogens (tertiary/aromatic N) is 4. The first kappa shape index (κ1) is 15.8. The lowest BCUT2D eigenvalue weighted by molar-refractivity contribution is -0.135. The maximum Gasteiger partial charge on any atom is 0.234 e. The van der Waals surface area contributed by atoms with E-state index in [1.54, 1.807) is 12.4 Å². The molecule has 3 rings (SSSR count). The first-order chi connectivity index (χ1) is 11.1. The van der Waals surface area contributed by atoms with Gasteiger partial charge in [0.05, 0.1) is 18.9 Å². The molecule has 1 aliphatic heterocycles. The monoisotopic (exact) mass is 316 g/mol. The molecule has 0 N–H and O–H groups in total. The third kappa shape index (κ3) is 3.81. The van der Waals surface area contributed by atoms with E-state index in [1.807, 2.05) is 23.9 Å². The van der Waals surface area contributed by atoms with Crippen LogP contribution in [0, 0.1) is 5.92 Å². The predicted octanol–water partition coefficient (Wildman–Crippen LogP) is 1.88. The SMILES string of the molecule is CN(C)c1cncc(O[C@@H]2CCN(C(=O)[C@@H]3CC=CCC3)C2)n1. The van der Waals surface area contributed by atoms with E-state index >= 15 is 0 Å². The van der Waals surface area contributed by atoms with Crippen LogP contribution in [0.4, 0.5) is 5.82 Å². The molecular weight excluding hydrogens is 292 g/mol. The summed E-state index contributed by atoms with van der Waals surface area (Å²) in [7, 11) is 3.84. The van der Waals surface area contributed by atoms with Crippen molar-refractivity contribution in [2.24, 2.45) is 5.92 Å². The topological polar surface area (TPSA) is 58.6 Å². The Morgan fingerprint density at radius 1 is 1.30 bits per heavy atom. The molecule has 124 valence electrons. The van der Waals surface area contributed by atoms with Gasteiger partial charge in [-0.3, -0.25) is 9.78 Å². The highest BCUT2D eigenvalue weighted by atomic mass is 16.5. The quantitative estimate of drug-likeness (QED) is 0.794. The third-order valence-electron chi connectivity index (χ3n) is 4.42. The van der Waals surface area contributed by atoms with E-state index in [1.165, 1.54) is 0 Å². The number of hydrogen-bond acceptors (Lipinski definition) is 5. The summed E-state index contributed by atoms with van der Waals surface area (Å²) in [4.78, 5) is 25.0. The van der Waals surface area contributed by atoms with E-state index in [4.69, 9.17) is 4.74 Å². The van der Waals surface area contributed by atoms with Crippen molar-refractivity contribution in [3.05, 3.63) is 24.5 Å². The lowest BCUT2D eigenvalue weighted by Gasteiger charge is -2.24. The van der Waals surface area contributed by atoms with E-state index in [2.05, 4.69) is 22.1 Å². The van der Waals surface area contributed by atoms with Gasteiger partial charge in [-0.1, -0.05) is 12.2 Å². The first-order valence-corrected chi connectivity index (χ1v) is 8.23. The molecule has 0 radical (unpaired) electrons. The van der Waals surface area contributed by atoms with Crippen LogP contribution in [0.15, 0.2) is 24.5 Å². The van der Waals surface area contributed by atoms with Crippen LogP contribution in [0.3, 0.4) is 0 Å². The van der Waals surface area contributed by atoms with Crippen LogP contribution in [-0.4, -0.2) is 54.1 Å². The molecule has 1 aromatic rings. The summed E-state index contributed by atoms with van der Waals surface area (Å²) in [5.74, 6) is 1.71. The normalized spacial score (nSPS) is 23.8. The Morgan fingerprint density at radius 3 is 2.91 bits per heavy atom. The van der Waals surface area contributed by atoms with Crippen LogP contribution in [-0.2, 0) is 4.79 Å². The smallest absolute Gasteiger partial charge is 0.234 e. The van der Waals surface area contributed by atoms with Crippen molar-refractivity contribution < 1.29 is 9.53 Å². The summed E-state index contributed by atoms with van der Waals surface area (Å²) < 4.78 is 5.93. The van der Waals surface area contributed by atoms with E-state index < -0.39 is 0 Å². The van der Waals surface area contributed by atoms with Crippen molar-refractivity contribution in [2.75, 3.05) is 32.1 Å². The van der Waals surface area contributed by atoms with E-state index in [-0.39, 0.29) is 17.9 Å². The van der Waals surface area contributed by atoms with Gasteiger partial charge in [-0.15, -0.1) is 0 Å². The molecule has 23 heavy (non-hydrogen) atoms. The minimum absolute atomic E-state index is 0.00444. The molecule has 1 saturated heterocycles. The van der Waals surface area contributed by atoms with Gasteiger partial charge < -0.3 is 14.5 Å². The molecule has 0 spiro atoms. The molecule has 1 aliphatic carbocycles. The Kier molecular flexibility index (Phi) is 4.79. The van der Waals surface area contributed by atoms with Gasteiger partial charge in [0.15, 0.2) is 5.82 Å². The standard InChI is InChI=1S/C17H24N4O2/c1-20(2)15-10-18-11-16(19-15)23-14-8-9-21(12-14)17(22)13-6-4-3-5-7-13/h3-4,10-11,13-14H,5-9,12H2,1-2H3/t13-,14-/m1/s1. The summed E-state index contributed by atoms with van der Waals surface area (Å²) in [5, 5.41) is 0. The van der Waals surface area contributed by atoms with Crippen LogP contribution in [0.2, 0.25) is 0 Å². The van der Waals surface area contributed by atoms with Crippen LogP contribution in [0.25, 0.3) is 0 Å². The first-order valence-electron chi connectivity index (χ1n) is 8.23. The fourth-order valence-electron chi connectivity index (χ4n) is 3.08. The number of amides is 1. The second-order valence-corrected chi connectivity index (χ2v) is 6.40. The Labute approximate surface area is 137 Å². The largest absolute Gasteiger partial charge is 0.471 e. The molecule has 1 aromatic heterocycles. The minimum Gasteiger partial charge on any atom is -0.471 e. The Morgan fingerprint density at radius 2 is 2.17 bits per heavy atom. The van der Waals surface area contributed by atoms with E-state index in [0.29, 0.717) is 12.4 Å². The van der Waals surface area contributed by atoms with E-state index in [0.717, 1.165) is 38.0 Å². The summed E-state index contributed by atoms with van der Waals surface area (Å²) in [6, 6.07) is 0. The molecular formula is C17H24N4O2. The number of hydrogen-bond donors (Lipinski definition) is 0. The van der Waals surface area contributed by atoms with Crippen molar-refractivity contribution in [3.63, 3.8) is 0 Å². The zero-order valence-electron chi connectivity index (χ0n) is 13.8. The molecule has 6 heteroatoms. The van der Waals surface area contributed by atoms with Gasteiger partial charge in [0, 0.05) is 33.0 Å². The van der Waals surface area contributed by atoms with Gasteiger partial charge in [-0.05, 0) is 19.3 Å². The predicted molar refractivity (Wildman–Crippen MR) is 88.5 cm³/mol. The Bertz CT molecular complexity index is 588. The Hall–Kier alpha value is -2.11. The van der Waals surface area contributed by atoms with Crippen molar-refractivity contribution in [1.82, 2.24) is 14.9 Å². The molecule has 2 atom stereocenters. The van der Waals surface area contributed by atoms with Crippen LogP contribution in [0.1, 0.15) is 25.7 Å². The molecule has 1 amide bonds. The fourth-order valence-corrected chi connectivity index (χ4v) is 3.08. The van der Waals surface area contributed by atoms with Crippen molar-refractivity contribution in [3.8, 4) is 5.88 Å². The highest BCUT2D eigenvalue weighted by molar-refractivity contribution is 5.79. The molecule has 0 bridgehead atoms. The average Bonchev–Trinajstić information content (AvgIpc) is 3.03. The molecule has 0 unspecified atom stereocenters. The lowest BCUT2D eigenvalue weighted by Crippen LogP contribution is -2.36. The van der Waals surface area contributed by atoms with E-state index in [9.17, 15) is 4.79 Å². The highest BCUT2D eigenvalue weighted by Crippen LogP contribution is 2.24. The van der Waals surface area contributed by atoms with Gasteiger partial charge in [0.25, 0.3) is 0 Å². The number of carbonyl (C=O) groups excluding carboxylic acids is 1. The number of rotatable bonds is 4. The van der Waals surface area contributed by atoms with Crippen LogP contribution < -0.4 is 9.64 Å². The number of ether oxygens (including phenoxy) is 1. The van der Waals surface area contributed by atoms with Crippen molar-refractivity contribution in [2.45, 2.75) is 31.8 Å². The van der Waals surface area contributed by atoms with Crippen LogP contribution in [0.5, 0.6) is 5.88 Å². The van der Waals surface area contributed by atoms with Gasteiger partial charge >= 0.3 is 0 Å². The fraction of sp³-hybridized carbons (Fsp3) is 0.588. The summed E-state index contributed by atoms with van der Waals surface area (Å²) in [6.07, 6.45) is 11.3. The summed E-state index contributed by atoms with van der Waals surface area (Å²) >= 11 is 0. The number of likely N-dealkylation sites (tertiary alicyclic amines) is 1. The zero-order valence-corrected chi connectivity index (χ0v) is 13.8. The average molecular weight is 316 g/mol. The zero-order chi connectivity index (χ0) is 16.2. The van der Waals surface area contributed by atoms with Gasteiger partial charge in [-0.2, -0.15) is 4.98 Å². The summed E-state index contributed by atoms with van der Waals surface area (Å²) in [6.45, 7) is 1.41. The molecule has 2 aliphatic rings. The van der Waals surface area contributed by atoms with Gasteiger partial charge in [-0.25, -0.2) is 0 Å². The van der Waals surface area contributed by atoms with Crippen LogP contribution >= 0.6 is 0 Å².